The molecule has 0 heterocycles. The van der Waals surface area contributed by atoms with Crippen LogP contribution in [0.5, 0.6) is 5.75 Å². The van der Waals surface area contributed by atoms with Gasteiger partial charge in [0.2, 0.25) is 5.91 Å². The van der Waals surface area contributed by atoms with Crippen LogP contribution in [0.3, 0.4) is 0 Å². The highest BCUT2D eigenvalue weighted by Gasteiger charge is 2.07. The van der Waals surface area contributed by atoms with Crippen LogP contribution < -0.4 is 15.8 Å². The number of carbonyl (C=O) groups excluding carboxylic acids is 1. The molecule has 1 amide bonds. The third-order valence-electron chi connectivity index (χ3n) is 1.98. The summed E-state index contributed by atoms with van der Waals surface area (Å²) in [6, 6.07) is 7.02. The van der Waals surface area contributed by atoms with Gasteiger partial charge in [-0.05, 0) is 38.1 Å². The van der Waals surface area contributed by atoms with Gasteiger partial charge in [0.05, 0.1) is 6.61 Å². The second-order valence-corrected chi connectivity index (χ2v) is 3.23. The summed E-state index contributed by atoms with van der Waals surface area (Å²) in [5.41, 5.74) is 5.99. The standard InChI is InChI=1S/C11H16N2O2/c1-3-15-10-6-4-9(5-7-10)13-8(2)11(12)14/h4-8,13H,3H2,1-2H3,(H2,12,14). The Morgan fingerprint density at radius 2 is 2.07 bits per heavy atom. The molecule has 1 aromatic rings. The number of anilines is 1. The van der Waals surface area contributed by atoms with Crippen LogP contribution >= 0.6 is 0 Å². The van der Waals surface area contributed by atoms with Crippen molar-refractivity contribution in [1.82, 2.24) is 0 Å². The molecule has 0 aliphatic carbocycles. The summed E-state index contributed by atoms with van der Waals surface area (Å²) in [6.07, 6.45) is 0. The lowest BCUT2D eigenvalue weighted by atomic mass is 10.2. The van der Waals surface area contributed by atoms with E-state index in [0.717, 1.165) is 11.4 Å². The van der Waals surface area contributed by atoms with E-state index in [1.54, 1.807) is 6.92 Å². The van der Waals surface area contributed by atoms with Crippen LogP contribution in [-0.2, 0) is 4.79 Å². The first-order valence-corrected chi connectivity index (χ1v) is 4.92. The smallest absolute Gasteiger partial charge is 0.239 e. The van der Waals surface area contributed by atoms with Crippen molar-refractivity contribution in [3.05, 3.63) is 24.3 Å². The Morgan fingerprint density at radius 3 is 2.53 bits per heavy atom. The fraction of sp³-hybridized carbons (Fsp3) is 0.364. The van der Waals surface area contributed by atoms with E-state index < -0.39 is 0 Å². The van der Waals surface area contributed by atoms with Crippen LogP contribution in [0.4, 0.5) is 5.69 Å². The van der Waals surface area contributed by atoms with Crippen molar-refractivity contribution >= 4 is 11.6 Å². The molecule has 1 rings (SSSR count). The molecule has 1 atom stereocenters. The first-order chi connectivity index (χ1) is 7.13. The molecule has 0 saturated carbocycles. The molecular formula is C11H16N2O2. The third kappa shape index (κ3) is 3.50. The molecule has 1 unspecified atom stereocenters. The predicted octanol–water partition coefficient (Wildman–Crippen LogP) is 1.37. The average Bonchev–Trinajstić information content (AvgIpc) is 2.21. The van der Waals surface area contributed by atoms with Crippen molar-refractivity contribution in [2.75, 3.05) is 11.9 Å². The summed E-state index contributed by atoms with van der Waals surface area (Å²) < 4.78 is 5.29. The number of carbonyl (C=O) groups is 1. The average molecular weight is 208 g/mol. The van der Waals surface area contributed by atoms with Crippen LogP contribution in [0.2, 0.25) is 0 Å². The van der Waals surface area contributed by atoms with E-state index in [9.17, 15) is 4.79 Å². The molecule has 0 aromatic heterocycles. The lowest BCUT2D eigenvalue weighted by Gasteiger charge is -2.11. The van der Waals surface area contributed by atoms with Crippen molar-refractivity contribution < 1.29 is 9.53 Å². The molecule has 1 aromatic carbocycles. The monoisotopic (exact) mass is 208 g/mol. The van der Waals surface area contributed by atoms with Crippen molar-refractivity contribution in [3.8, 4) is 5.75 Å². The van der Waals surface area contributed by atoms with Gasteiger partial charge in [0.25, 0.3) is 0 Å². The molecule has 3 N–H and O–H groups in total. The second-order valence-electron chi connectivity index (χ2n) is 3.23. The molecule has 0 aliphatic rings. The van der Waals surface area contributed by atoms with E-state index in [1.165, 1.54) is 0 Å². The summed E-state index contributed by atoms with van der Waals surface area (Å²) in [5, 5.41) is 2.98. The molecule has 4 nitrogen and oxygen atoms in total. The zero-order valence-electron chi connectivity index (χ0n) is 8.99. The number of nitrogens with two attached hydrogens (primary N) is 1. The number of primary amides is 1. The lowest BCUT2D eigenvalue weighted by molar-refractivity contribution is -0.118. The number of amides is 1. The van der Waals surface area contributed by atoms with E-state index in [-0.39, 0.29) is 11.9 Å². The number of benzene rings is 1. The summed E-state index contributed by atoms with van der Waals surface area (Å²) >= 11 is 0. The fourth-order valence-corrected chi connectivity index (χ4v) is 1.14. The molecule has 0 spiro atoms. The van der Waals surface area contributed by atoms with Gasteiger partial charge in [-0.25, -0.2) is 0 Å². The molecule has 0 saturated heterocycles. The molecule has 0 fully saturated rings. The number of rotatable bonds is 5. The quantitative estimate of drug-likeness (QED) is 0.768. The zero-order valence-corrected chi connectivity index (χ0v) is 8.99. The van der Waals surface area contributed by atoms with E-state index in [0.29, 0.717) is 6.61 Å². The van der Waals surface area contributed by atoms with Gasteiger partial charge in [-0.1, -0.05) is 0 Å². The number of hydrogen-bond donors (Lipinski definition) is 2. The first kappa shape index (κ1) is 11.4. The van der Waals surface area contributed by atoms with Gasteiger partial charge >= 0.3 is 0 Å². The summed E-state index contributed by atoms with van der Waals surface area (Å²) in [4.78, 5) is 10.8. The van der Waals surface area contributed by atoms with E-state index in [4.69, 9.17) is 10.5 Å². The molecule has 4 heteroatoms. The Kier molecular flexibility index (Phi) is 3.97. The number of nitrogens with one attached hydrogen (secondary N) is 1. The zero-order chi connectivity index (χ0) is 11.3. The van der Waals surface area contributed by atoms with Crippen molar-refractivity contribution in [2.24, 2.45) is 5.73 Å². The lowest BCUT2D eigenvalue weighted by Crippen LogP contribution is -2.32. The van der Waals surface area contributed by atoms with Gasteiger partial charge in [-0.2, -0.15) is 0 Å². The topological polar surface area (TPSA) is 64.3 Å². The maximum absolute atomic E-state index is 10.8. The van der Waals surface area contributed by atoms with Gasteiger partial charge in [0, 0.05) is 5.69 Å². The van der Waals surface area contributed by atoms with E-state index in [1.807, 2.05) is 31.2 Å². The molecule has 0 bridgehead atoms. The van der Waals surface area contributed by atoms with E-state index in [2.05, 4.69) is 5.32 Å². The first-order valence-electron chi connectivity index (χ1n) is 4.92. The van der Waals surface area contributed by atoms with Crippen molar-refractivity contribution in [3.63, 3.8) is 0 Å². The minimum Gasteiger partial charge on any atom is -0.494 e. The highest BCUT2D eigenvalue weighted by atomic mass is 16.5. The maximum Gasteiger partial charge on any atom is 0.239 e. The molecule has 15 heavy (non-hydrogen) atoms. The van der Waals surface area contributed by atoms with E-state index >= 15 is 0 Å². The molecule has 82 valence electrons. The Balaban J connectivity index is 2.60. The van der Waals surface area contributed by atoms with Crippen LogP contribution in [-0.4, -0.2) is 18.6 Å². The minimum absolute atomic E-state index is 0.371. The Hall–Kier alpha value is -1.71. The highest BCUT2D eigenvalue weighted by Crippen LogP contribution is 2.16. The maximum atomic E-state index is 10.8. The molecule has 0 radical (unpaired) electrons. The predicted molar refractivity (Wildman–Crippen MR) is 59.9 cm³/mol. The largest absolute Gasteiger partial charge is 0.494 e. The van der Waals surface area contributed by atoms with Gasteiger partial charge in [0.15, 0.2) is 0 Å². The molecule has 0 aliphatic heterocycles. The molecular weight excluding hydrogens is 192 g/mol. The highest BCUT2D eigenvalue weighted by molar-refractivity contribution is 5.82. The van der Waals surface area contributed by atoms with Gasteiger partial charge in [-0.15, -0.1) is 0 Å². The number of ether oxygens (including phenoxy) is 1. The summed E-state index contributed by atoms with van der Waals surface area (Å²) in [6.45, 7) is 4.30. The van der Waals surface area contributed by atoms with Crippen LogP contribution in [0.25, 0.3) is 0 Å². The van der Waals surface area contributed by atoms with Gasteiger partial charge in [0.1, 0.15) is 11.8 Å². The summed E-state index contributed by atoms with van der Waals surface area (Å²) in [5.74, 6) is 0.443. The van der Waals surface area contributed by atoms with Crippen molar-refractivity contribution in [1.29, 1.82) is 0 Å². The van der Waals surface area contributed by atoms with Crippen LogP contribution in [0, 0.1) is 0 Å². The SMILES string of the molecule is CCOc1ccc(NC(C)C(N)=O)cc1. The summed E-state index contributed by atoms with van der Waals surface area (Å²) in [7, 11) is 0. The van der Waals surface area contributed by atoms with Crippen molar-refractivity contribution in [2.45, 2.75) is 19.9 Å². The normalized spacial score (nSPS) is 11.9. The number of hydrogen-bond acceptors (Lipinski definition) is 3. The third-order valence-corrected chi connectivity index (χ3v) is 1.98. The van der Waals surface area contributed by atoms with Gasteiger partial charge < -0.3 is 15.8 Å². The van der Waals surface area contributed by atoms with Crippen LogP contribution in [0.1, 0.15) is 13.8 Å². The fourth-order valence-electron chi connectivity index (χ4n) is 1.14. The van der Waals surface area contributed by atoms with Gasteiger partial charge in [-0.3, -0.25) is 4.79 Å². The second kappa shape index (κ2) is 5.24. The minimum atomic E-state index is -0.372. The van der Waals surface area contributed by atoms with Crippen LogP contribution in [0.15, 0.2) is 24.3 Å². The Labute approximate surface area is 89.4 Å². The Bertz CT molecular complexity index is 322. The Morgan fingerprint density at radius 1 is 1.47 bits per heavy atom.